The van der Waals surface area contributed by atoms with E-state index in [1.54, 1.807) is 11.1 Å². The van der Waals surface area contributed by atoms with Gasteiger partial charge >= 0.3 is 6.03 Å². The van der Waals surface area contributed by atoms with Crippen molar-refractivity contribution in [2.75, 3.05) is 32.0 Å². The number of nitrogens with one attached hydrogen (secondary N) is 1. The number of aromatic nitrogens is 4. The number of amides is 2. The van der Waals surface area contributed by atoms with Crippen LogP contribution in [0.25, 0.3) is 21.5 Å². The summed E-state index contributed by atoms with van der Waals surface area (Å²) in [5, 5.41) is 13.7. The number of likely N-dealkylation sites (N-methyl/N-ethyl adjacent to an activating group) is 1. The minimum atomic E-state index is -0.162. The molecule has 9 heteroatoms. The fourth-order valence-corrected chi connectivity index (χ4v) is 3.73. The molecule has 8 nitrogen and oxygen atoms in total. The van der Waals surface area contributed by atoms with Gasteiger partial charge in [-0.25, -0.2) is 14.8 Å². The average Bonchev–Trinajstić information content (AvgIpc) is 3.09. The second kappa shape index (κ2) is 7.16. The zero-order valence-electron chi connectivity index (χ0n) is 15.5. The fraction of sp³-hybridized carbons (Fsp3) is 0.389. The molecule has 1 fully saturated rings. The first-order valence-corrected chi connectivity index (χ1v) is 9.65. The van der Waals surface area contributed by atoms with Crippen LogP contribution in [-0.2, 0) is 0 Å². The third-order valence-corrected chi connectivity index (χ3v) is 5.71. The third-order valence-electron chi connectivity index (χ3n) is 4.82. The highest BCUT2D eigenvalue weighted by Gasteiger charge is 2.24. The Balaban J connectivity index is 1.54. The van der Waals surface area contributed by atoms with Gasteiger partial charge in [0.15, 0.2) is 0 Å². The quantitative estimate of drug-likeness (QED) is 0.732. The second-order valence-electron chi connectivity index (χ2n) is 6.80. The summed E-state index contributed by atoms with van der Waals surface area (Å²) >= 11 is 1.54. The van der Waals surface area contributed by atoms with Crippen LogP contribution >= 0.6 is 11.3 Å². The van der Waals surface area contributed by atoms with Gasteiger partial charge in [0.1, 0.15) is 10.0 Å². The van der Waals surface area contributed by atoms with Gasteiger partial charge in [-0.3, -0.25) is 5.32 Å². The van der Waals surface area contributed by atoms with Crippen LogP contribution in [0.2, 0.25) is 0 Å². The third kappa shape index (κ3) is 3.74. The van der Waals surface area contributed by atoms with Gasteiger partial charge in [-0.2, -0.15) is 0 Å². The van der Waals surface area contributed by atoms with E-state index in [0.29, 0.717) is 25.1 Å². The summed E-state index contributed by atoms with van der Waals surface area (Å²) in [6.07, 6.45) is 1.72. The molecule has 27 heavy (non-hydrogen) atoms. The molecule has 0 radical (unpaired) electrons. The van der Waals surface area contributed by atoms with Gasteiger partial charge in [-0.15, -0.1) is 10.2 Å². The summed E-state index contributed by atoms with van der Waals surface area (Å²) in [5.74, 6) is 0.310. The normalized spacial score (nSPS) is 18.0. The molecule has 1 aliphatic heterocycles. The first-order chi connectivity index (χ1) is 13.0. The molecule has 2 amide bonds. The summed E-state index contributed by atoms with van der Waals surface area (Å²) in [5.41, 5.74) is 1.72. The van der Waals surface area contributed by atoms with Crippen LogP contribution in [0.1, 0.15) is 11.9 Å². The van der Waals surface area contributed by atoms with Crippen molar-refractivity contribution in [1.29, 1.82) is 0 Å². The molecule has 2 aromatic heterocycles. The first kappa shape index (κ1) is 17.7. The molecule has 1 N–H and O–H groups in total. The lowest BCUT2D eigenvalue weighted by Crippen LogP contribution is -2.53. The number of anilines is 1. The van der Waals surface area contributed by atoms with E-state index in [9.17, 15) is 4.79 Å². The highest BCUT2D eigenvalue weighted by molar-refractivity contribution is 7.14. The zero-order chi connectivity index (χ0) is 19.0. The van der Waals surface area contributed by atoms with E-state index in [-0.39, 0.29) is 6.03 Å². The Morgan fingerprint density at radius 1 is 1.30 bits per heavy atom. The predicted molar refractivity (Wildman–Crippen MR) is 106 cm³/mol. The Bertz CT molecular complexity index is 989. The lowest BCUT2D eigenvalue weighted by Gasteiger charge is -2.37. The van der Waals surface area contributed by atoms with E-state index in [0.717, 1.165) is 33.0 Å². The van der Waals surface area contributed by atoms with Gasteiger partial charge in [0.05, 0.1) is 5.52 Å². The molecule has 3 heterocycles. The highest BCUT2D eigenvalue weighted by Crippen LogP contribution is 2.26. The van der Waals surface area contributed by atoms with Crippen molar-refractivity contribution in [3.8, 4) is 10.6 Å². The fourth-order valence-electron chi connectivity index (χ4n) is 3.04. The van der Waals surface area contributed by atoms with Gasteiger partial charge in [0.2, 0.25) is 5.95 Å². The van der Waals surface area contributed by atoms with Crippen molar-refractivity contribution in [2.45, 2.75) is 19.9 Å². The van der Waals surface area contributed by atoms with E-state index in [1.165, 1.54) is 11.3 Å². The molecule has 1 saturated heterocycles. The summed E-state index contributed by atoms with van der Waals surface area (Å²) in [4.78, 5) is 25.4. The van der Waals surface area contributed by atoms with E-state index in [1.807, 2.05) is 25.1 Å². The maximum absolute atomic E-state index is 12.5. The number of aryl methyl sites for hydroxylation is 1. The molecular weight excluding hydrogens is 362 g/mol. The minimum Gasteiger partial charge on any atom is -0.322 e. The topological polar surface area (TPSA) is 87.1 Å². The van der Waals surface area contributed by atoms with Crippen molar-refractivity contribution in [3.05, 3.63) is 29.4 Å². The second-order valence-corrected chi connectivity index (χ2v) is 7.98. The van der Waals surface area contributed by atoms with Crippen molar-refractivity contribution in [3.63, 3.8) is 0 Å². The molecule has 0 unspecified atom stereocenters. The highest BCUT2D eigenvalue weighted by atomic mass is 32.1. The van der Waals surface area contributed by atoms with E-state index in [4.69, 9.17) is 0 Å². The molecule has 0 bridgehead atoms. The predicted octanol–water partition coefficient (Wildman–Crippen LogP) is 2.62. The smallest absolute Gasteiger partial charge is 0.322 e. The molecule has 0 aliphatic carbocycles. The van der Waals surface area contributed by atoms with Gasteiger partial charge in [-0.05, 0) is 27.0 Å². The van der Waals surface area contributed by atoms with Gasteiger partial charge in [0, 0.05) is 42.8 Å². The number of carbonyl (C=O) groups is 1. The van der Waals surface area contributed by atoms with Crippen LogP contribution in [-0.4, -0.2) is 68.7 Å². The van der Waals surface area contributed by atoms with Crippen LogP contribution < -0.4 is 5.32 Å². The number of hydrogen-bond donors (Lipinski definition) is 1. The number of piperazine rings is 1. The molecule has 1 atom stereocenters. The number of urea groups is 1. The molecule has 0 spiro atoms. The van der Waals surface area contributed by atoms with Crippen molar-refractivity contribution >= 4 is 34.2 Å². The van der Waals surface area contributed by atoms with Crippen LogP contribution in [0.4, 0.5) is 10.7 Å². The van der Waals surface area contributed by atoms with Crippen LogP contribution in [0.15, 0.2) is 24.4 Å². The van der Waals surface area contributed by atoms with Gasteiger partial charge < -0.3 is 9.80 Å². The molecule has 1 aromatic carbocycles. The van der Waals surface area contributed by atoms with E-state index >= 15 is 0 Å². The molecule has 0 saturated carbocycles. The van der Waals surface area contributed by atoms with E-state index < -0.39 is 0 Å². The average molecular weight is 383 g/mol. The van der Waals surface area contributed by atoms with Gasteiger partial charge in [0.25, 0.3) is 0 Å². The lowest BCUT2D eigenvalue weighted by atomic mass is 10.1. The summed E-state index contributed by atoms with van der Waals surface area (Å²) in [6, 6.07) is 6.06. The minimum absolute atomic E-state index is 0.162. The van der Waals surface area contributed by atoms with Crippen molar-refractivity contribution in [1.82, 2.24) is 30.0 Å². The number of fused-ring (bicyclic) bond motifs is 1. The molecule has 3 aromatic rings. The number of carbonyl (C=O) groups excluding carboxylic acids is 1. The van der Waals surface area contributed by atoms with E-state index in [2.05, 4.69) is 44.4 Å². The lowest BCUT2D eigenvalue weighted by molar-refractivity contribution is 0.125. The van der Waals surface area contributed by atoms with Crippen LogP contribution in [0, 0.1) is 6.92 Å². The first-order valence-electron chi connectivity index (χ1n) is 8.83. The maximum Gasteiger partial charge on any atom is 0.324 e. The Labute approximate surface area is 161 Å². The number of nitrogens with zero attached hydrogens (tertiary/aromatic N) is 6. The molecular formula is C18H21N7OS. The molecule has 1 aliphatic rings. The van der Waals surface area contributed by atoms with Crippen LogP contribution in [0.3, 0.4) is 0 Å². The summed E-state index contributed by atoms with van der Waals surface area (Å²) < 4.78 is 0. The Kier molecular flexibility index (Phi) is 4.71. The molecule has 4 rings (SSSR count). The largest absolute Gasteiger partial charge is 0.324 e. The monoisotopic (exact) mass is 383 g/mol. The van der Waals surface area contributed by atoms with Crippen LogP contribution in [0.5, 0.6) is 0 Å². The van der Waals surface area contributed by atoms with Crippen molar-refractivity contribution < 1.29 is 4.79 Å². The number of rotatable bonds is 2. The number of hydrogen-bond acceptors (Lipinski definition) is 7. The summed E-state index contributed by atoms with van der Waals surface area (Å²) in [7, 11) is 2.07. The molecule has 140 valence electrons. The van der Waals surface area contributed by atoms with Gasteiger partial charge in [-0.1, -0.05) is 23.5 Å². The van der Waals surface area contributed by atoms with Crippen molar-refractivity contribution in [2.24, 2.45) is 0 Å². The SMILES string of the molecule is Cc1nnc(-c2ccc3cnc(NC(=O)N4CCN(C)[C@H](C)C4)nc3c2)s1. The summed E-state index contributed by atoms with van der Waals surface area (Å²) in [6.45, 7) is 6.29. The standard InChI is InChI=1S/C18H21N7OS/c1-11-10-25(7-6-24(11)3)18(26)21-17-19-9-14-5-4-13(8-15(14)20-17)16-23-22-12(2)27-16/h4-5,8-9,11H,6-7,10H2,1-3H3,(H,19,20,21,26)/t11-/m1/s1. The Morgan fingerprint density at radius 2 is 2.15 bits per heavy atom. The number of benzene rings is 1. The Morgan fingerprint density at radius 3 is 2.89 bits per heavy atom. The Hall–Kier alpha value is -2.65. The zero-order valence-corrected chi connectivity index (χ0v) is 16.3. The maximum atomic E-state index is 12.5.